The average molecular weight is 366 g/mol. The molecule has 1 fully saturated rings. The number of halogens is 3. The van der Waals surface area contributed by atoms with Crippen molar-refractivity contribution in [1.29, 1.82) is 0 Å². The number of hydrogen-bond donors (Lipinski definition) is 0. The van der Waals surface area contributed by atoms with E-state index in [1.165, 1.54) is 17.1 Å². The topological polar surface area (TPSA) is 60.4 Å². The van der Waals surface area contributed by atoms with Crippen LogP contribution in [0.15, 0.2) is 30.9 Å². The van der Waals surface area contributed by atoms with Gasteiger partial charge in [-0.2, -0.15) is 23.4 Å². The standard InChI is InChI=1S/C16H17F3N6O/c1-22-7-8-25-14(22)12(9-20-25)15(26)23-5-2-3-11(10-23)24-6-4-13(21-24)16(17,18)19/h4,6-9,11H,2-3,5,10H2,1H3. The SMILES string of the molecule is Cn1ccn2ncc(C(=O)N3CCCC(n4ccc(C(F)(F)F)n4)C3)c12. The summed E-state index contributed by atoms with van der Waals surface area (Å²) in [4.78, 5) is 14.6. The van der Waals surface area contributed by atoms with Crippen LogP contribution >= 0.6 is 0 Å². The highest BCUT2D eigenvalue weighted by Crippen LogP contribution is 2.29. The molecule has 10 heteroatoms. The van der Waals surface area contributed by atoms with Crippen LogP contribution in [-0.4, -0.2) is 47.9 Å². The molecule has 0 N–H and O–H groups in total. The first-order valence-electron chi connectivity index (χ1n) is 8.25. The lowest BCUT2D eigenvalue weighted by molar-refractivity contribution is -0.141. The molecule has 3 aromatic rings. The molecule has 138 valence electrons. The second-order valence-electron chi connectivity index (χ2n) is 6.46. The minimum atomic E-state index is -4.47. The number of nitrogens with zero attached hydrogens (tertiary/aromatic N) is 6. The first kappa shape index (κ1) is 16.7. The predicted molar refractivity (Wildman–Crippen MR) is 85.6 cm³/mol. The second-order valence-corrected chi connectivity index (χ2v) is 6.46. The first-order valence-corrected chi connectivity index (χ1v) is 8.25. The zero-order valence-electron chi connectivity index (χ0n) is 14.0. The van der Waals surface area contributed by atoms with Crippen molar-refractivity contribution in [2.75, 3.05) is 13.1 Å². The summed E-state index contributed by atoms with van der Waals surface area (Å²) >= 11 is 0. The summed E-state index contributed by atoms with van der Waals surface area (Å²) in [5.74, 6) is -0.172. The normalized spacial score (nSPS) is 18.6. The predicted octanol–water partition coefficient (Wildman–Crippen LogP) is 2.37. The molecule has 4 rings (SSSR count). The summed E-state index contributed by atoms with van der Waals surface area (Å²) in [6.45, 7) is 0.879. The van der Waals surface area contributed by atoms with E-state index in [0.717, 1.165) is 6.07 Å². The third-order valence-corrected chi connectivity index (χ3v) is 4.72. The van der Waals surface area contributed by atoms with Gasteiger partial charge in [0.2, 0.25) is 0 Å². The quantitative estimate of drug-likeness (QED) is 0.700. The Morgan fingerprint density at radius 2 is 2.08 bits per heavy atom. The fourth-order valence-corrected chi connectivity index (χ4v) is 3.42. The van der Waals surface area contributed by atoms with Crippen molar-refractivity contribution in [3.8, 4) is 0 Å². The van der Waals surface area contributed by atoms with Gasteiger partial charge >= 0.3 is 6.18 Å². The fraction of sp³-hybridized carbons (Fsp3) is 0.438. The molecule has 1 unspecified atom stereocenters. The number of aromatic nitrogens is 5. The van der Waals surface area contributed by atoms with Crippen LogP contribution in [0.5, 0.6) is 0 Å². The van der Waals surface area contributed by atoms with Crippen molar-refractivity contribution in [3.63, 3.8) is 0 Å². The Balaban J connectivity index is 1.56. The third-order valence-electron chi connectivity index (χ3n) is 4.72. The monoisotopic (exact) mass is 366 g/mol. The molecule has 1 saturated heterocycles. The van der Waals surface area contributed by atoms with Gasteiger partial charge in [0.1, 0.15) is 11.2 Å². The van der Waals surface area contributed by atoms with Crippen LogP contribution in [0.3, 0.4) is 0 Å². The van der Waals surface area contributed by atoms with E-state index in [1.54, 1.807) is 21.8 Å². The molecule has 1 aliphatic rings. The van der Waals surface area contributed by atoms with E-state index in [9.17, 15) is 18.0 Å². The molecule has 0 spiro atoms. The molecule has 0 radical (unpaired) electrons. The lowest BCUT2D eigenvalue weighted by Gasteiger charge is -2.32. The molecule has 26 heavy (non-hydrogen) atoms. The minimum Gasteiger partial charge on any atom is -0.336 e. The summed E-state index contributed by atoms with van der Waals surface area (Å²) in [6.07, 6.45) is 3.33. The first-order chi connectivity index (χ1) is 12.3. The van der Waals surface area contributed by atoms with Crippen molar-refractivity contribution in [2.24, 2.45) is 7.05 Å². The molecular weight excluding hydrogens is 349 g/mol. The minimum absolute atomic E-state index is 0.172. The highest BCUT2D eigenvalue weighted by atomic mass is 19.4. The summed E-state index contributed by atoms with van der Waals surface area (Å²) in [5.41, 5.74) is 0.258. The summed E-state index contributed by atoms with van der Waals surface area (Å²) in [7, 11) is 1.83. The molecule has 1 amide bonds. The maximum Gasteiger partial charge on any atom is 0.435 e. The number of likely N-dealkylation sites (tertiary alicyclic amines) is 1. The highest BCUT2D eigenvalue weighted by Gasteiger charge is 2.35. The number of aryl methyl sites for hydroxylation is 1. The Kier molecular flexibility index (Phi) is 3.78. The Morgan fingerprint density at radius 3 is 2.81 bits per heavy atom. The van der Waals surface area contributed by atoms with Crippen LogP contribution in [0, 0.1) is 0 Å². The summed E-state index contributed by atoms with van der Waals surface area (Å²) < 4.78 is 43.0. The molecular formula is C16H17F3N6O. The molecule has 7 nitrogen and oxygen atoms in total. The second kappa shape index (κ2) is 5.89. The van der Waals surface area contributed by atoms with Gasteiger partial charge in [0.25, 0.3) is 5.91 Å². The van der Waals surface area contributed by atoms with Crippen molar-refractivity contribution < 1.29 is 18.0 Å². The number of rotatable bonds is 2. The van der Waals surface area contributed by atoms with E-state index in [1.807, 2.05) is 11.6 Å². The van der Waals surface area contributed by atoms with E-state index < -0.39 is 11.9 Å². The van der Waals surface area contributed by atoms with Crippen molar-refractivity contribution in [3.05, 3.63) is 42.1 Å². The van der Waals surface area contributed by atoms with Crippen molar-refractivity contribution >= 4 is 11.6 Å². The number of amides is 1. The maximum atomic E-state index is 12.9. The van der Waals surface area contributed by atoms with Gasteiger partial charge in [0.15, 0.2) is 5.69 Å². The van der Waals surface area contributed by atoms with E-state index in [2.05, 4.69) is 10.2 Å². The zero-order chi connectivity index (χ0) is 18.5. The van der Waals surface area contributed by atoms with E-state index >= 15 is 0 Å². The molecule has 0 aliphatic carbocycles. The number of fused-ring (bicyclic) bond motifs is 1. The van der Waals surface area contributed by atoms with Crippen LogP contribution in [0.1, 0.15) is 34.9 Å². The van der Waals surface area contributed by atoms with E-state index in [0.29, 0.717) is 37.1 Å². The number of imidazole rings is 1. The Bertz CT molecular complexity index is 953. The average Bonchev–Trinajstić information content (AvgIpc) is 3.31. The van der Waals surface area contributed by atoms with Gasteiger partial charge in [0, 0.05) is 38.7 Å². The lowest BCUT2D eigenvalue weighted by Crippen LogP contribution is -2.41. The zero-order valence-corrected chi connectivity index (χ0v) is 14.0. The van der Waals surface area contributed by atoms with Gasteiger partial charge in [0.05, 0.1) is 12.2 Å². The Morgan fingerprint density at radius 1 is 1.27 bits per heavy atom. The van der Waals surface area contributed by atoms with Gasteiger partial charge < -0.3 is 9.47 Å². The van der Waals surface area contributed by atoms with Crippen LogP contribution in [0.2, 0.25) is 0 Å². The Hall–Kier alpha value is -2.78. The largest absolute Gasteiger partial charge is 0.435 e. The van der Waals surface area contributed by atoms with Crippen molar-refractivity contribution in [1.82, 2.24) is 28.9 Å². The molecule has 4 heterocycles. The fourth-order valence-electron chi connectivity index (χ4n) is 3.42. The van der Waals surface area contributed by atoms with Gasteiger partial charge in [-0.05, 0) is 18.9 Å². The summed E-state index contributed by atoms with van der Waals surface area (Å²) in [5, 5.41) is 7.82. The smallest absolute Gasteiger partial charge is 0.336 e. The maximum absolute atomic E-state index is 12.9. The number of alkyl halides is 3. The molecule has 0 bridgehead atoms. The van der Waals surface area contributed by atoms with Crippen LogP contribution in [-0.2, 0) is 13.2 Å². The van der Waals surface area contributed by atoms with Crippen LogP contribution in [0.4, 0.5) is 13.2 Å². The van der Waals surface area contributed by atoms with Gasteiger partial charge in [-0.1, -0.05) is 0 Å². The number of piperidine rings is 1. The van der Waals surface area contributed by atoms with Gasteiger partial charge in [-0.15, -0.1) is 0 Å². The third kappa shape index (κ3) is 2.74. The number of carbonyl (C=O) groups is 1. The molecule has 1 atom stereocenters. The van der Waals surface area contributed by atoms with Gasteiger partial charge in [-0.25, -0.2) is 4.52 Å². The van der Waals surface area contributed by atoms with Crippen LogP contribution in [0.25, 0.3) is 5.65 Å². The van der Waals surface area contributed by atoms with Crippen LogP contribution < -0.4 is 0 Å². The van der Waals surface area contributed by atoms with Gasteiger partial charge in [-0.3, -0.25) is 9.48 Å². The van der Waals surface area contributed by atoms with Crippen molar-refractivity contribution in [2.45, 2.75) is 25.1 Å². The molecule has 1 aliphatic heterocycles. The molecule has 0 saturated carbocycles. The van der Waals surface area contributed by atoms with E-state index in [4.69, 9.17) is 0 Å². The number of hydrogen-bond acceptors (Lipinski definition) is 3. The van der Waals surface area contributed by atoms with E-state index in [-0.39, 0.29) is 11.9 Å². The highest BCUT2D eigenvalue weighted by molar-refractivity contribution is 5.99. The molecule has 0 aromatic carbocycles. The summed E-state index contributed by atoms with van der Waals surface area (Å²) in [6, 6.07) is 0.690. The molecule has 3 aromatic heterocycles. The lowest BCUT2D eigenvalue weighted by atomic mass is 10.1. The Labute approximate surface area is 146 Å². The number of carbonyl (C=O) groups excluding carboxylic acids is 1.